The quantitative estimate of drug-likeness (QED) is 0.758. The van der Waals surface area contributed by atoms with Gasteiger partial charge in [-0.25, -0.2) is 0 Å². The van der Waals surface area contributed by atoms with Crippen LogP contribution in [0.3, 0.4) is 0 Å². The minimum absolute atomic E-state index is 0.307. The van der Waals surface area contributed by atoms with Gasteiger partial charge in [0.1, 0.15) is 0 Å². The molecule has 0 aliphatic heterocycles. The first-order valence-corrected chi connectivity index (χ1v) is 5.67. The smallest absolute Gasteiger partial charge is 0.311 e. The molecule has 2 N–H and O–H groups in total. The summed E-state index contributed by atoms with van der Waals surface area (Å²) in [4.78, 5) is 22.0. The number of halogens is 1. The second-order valence-electron chi connectivity index (χ2n) is 4.82. The Kier molecular flexibility index (Phi) is 2.89. The van der Waals surface area contributed by atoms with E-state index in [1.54, 1.807) is 20.8 Å². The molecule has 1 aliphatic carbocycles. The lowest BCUT2D eigenvalue weighted by Gasteiger charge is -2.38. The summed E-state index contributed by atoms with van der Waals surface area (Å²) in [6.07, 6.45) is 0.352. The number of hydrogen-bond donors (Lipinski definition) is 2. The van der Waals surface area contributed by atoms with E-state index >= 15 is 0 Å². The molecule has 0 amide bonds. The fraction of sp³-hybridized carbons (Fsp3) is 0.800. The van der Waals surface area contributed by atoms with Crippen LogP contribution >= 0.6 is 15.9 Å². The van der Waals surface area contributed by atoms with E-state index in [9.17, 15) is 14.7 Å². The Morgan fingerprint density at radius 2 is 1.73 bits per heavy atom. The predicted octanol–water partition coefficient (Wildman–Crippen LogP) is 1.97. The van der Waals surface area contributed by atoms with Crippen molar-refractivity contribution in [1.29, 1.82) is 0 Å². The van der Waals surface area contributed by atoms with Gasteiger partial charge in [-0.2, -0.15) is 0 Å². The number of carboxylic acid groups (broad SMARTS) is 2. The van der Waals surface area contributed by atoms with Gasteiger partial charge in [-0.05, 0) is 18.8 Å². The third kappa shape index (κ3) is 1.48. The largest absolute Gasteiger partial charge is 0.481 e. The maximum Gasteiger partial charge on any atom is 0.311 e. The van der Waals surface area contributed by atoms with Gasteiger partial charge in [0, 0.05) is 4.83 Å². The van der Waals surface area contributed by atoms with Crippen molar-refractivity contribution in [3.63, 3.8) is 0 Å². The van der Waals surface area contributed by atoms with Crippen molar-refractivity contribution in [1.82, 2.24) is 0 Å². The van der Waals surface area contributed by atoms with Crippen LogP contribution in [0.15, 0.2) is 0 Å². The number of carboxylic acids is 2. The monoisotopic (exact) mass is 278 g/mol. The van der Waals surface area contributed by atoms with Crippen LogP contribution in [0.1, 0.15) is 27.2 Å². The highest BCUT2D eigenvalue weighted by molar-refractivity contribution is 9.09. The van der Waals surface area contributed by atoms with E-state index in [2.05, 4.69) is 15.9 Å². The van der Waals surface area contributed by atoms with Gasteiger partial charge in [-0.1, -0.05) is 29.8 Å². The van der Waals surface area contributed by atoms with E-state index in [1.807, 2.05) is 0 Å². The summed E-state index contributed by atoms with van der Waals surface area (Å²) in [7, 11) is 0. The molecule has 0 saturated heterocycles. The Balaban J connectivity index is 3.22. The number of alkyl halides is 1. The lowest BCUT2D eigenvalue weighted by atomic mass is 9.66. The van der Waals surface area contributed by atoms with Gasteiger partial charge >= 0.3 is 11.9 Å². The van der Waals surface area contributed by atoms with Gasteiger partial charge in [0.05, 0.1) is 11.3 Å². The zero-order valence-electron chi connectivity index (χ0n) is 8.95. The van der Waals surface area contributed by atoms with E-state index in [4.69, 9.17) is 5.11 Å². The molecule has 1 saturated carbocycles. The van der Waals surface area contributed by atoms with Gasteiger partial charge in [0.15, 0.2) is 0 Å². The molecule has 4 nitrogen and oxygen atoms in total. The summed E-state index contributed by atoms with van der Waals surface area (Å²) >= 11 is 3.30. The topological polar surface area (TPSA) is 74.6 Å². The molecule has 86 valence electrons. The van der Waals surface area contributed by atoms with Crippen LogP contribution in [0.5, 0.6) is 0 Å². The highest BCUT2D eigenvalue weighted by Crippen LogP contribution is 2.58. The SMILES string of the molecule is CC1(C)C(C(=O)O)CC(Br)C1(C)C(=O)O. The molecule has 0 heterocycles. The highest BCUT2D eigenvalue weighted by Gasteiger charge is 2.63. The second kappa shape index (κ2) is 3.47. The van der Waals surface area contributed by atoms with Gasteiger partial charge in [-0.15, -0.1) is 0 Å². The van der Waals surface area contributed by atoms with Crippen LogP contribution < -0.4 is 0 Å². The maximum atomic E-state index is 11.3. The molecule has 0 radical (unpaired) electrons. The van der Waals surface area contributed by atoms with Crippen LogP contribution in [0.4, 0.5) is 0 Å². The zero-order chi connectivity index (χ0) is 12.0. The first-order chi connectivity index (χ1) is 6.65. The van der Waals surface area contributed by atoms with E-state index in [0.717, 1.165) is 0 Å². The summed E-state index contributed by atoms with van der Waals surface area (Å²) in [6.45, 7) is 5.03. The molecule has 1 fully saturated rings. The Morgan fingerprint density at radius 3 is 1.93 bits per heavy atom. The maximum absolute atomic E-state index is 11.3. The molecule has 0 spiro atoms. The summed E-state index contributed by atoms with van der Waals surface area (Å²) in [5.41, 5.74) is -1.81. The molecule has 0 aromatic carbocycles. The van der Waals surface area contributed by atoms with Gasteiger partial charge < -0.3 is 10.2 Å². The molecule has 0 aromatic rings. The molecule has 0 bridgehead atoms. The van der Waals surface area contributed by atoms with Crippen LogP contribution in [0.2, 0.25) is 0 Å². The summed E-state index contributed by atoms with van der Waals surface area (Å²) in [5.74, 6) is -2.49. The number of carbonyl (C=O) groups is 2. The van der Waals surface area contributed by atoms with Gasteiger partial charge in [-0.3, -0.25) is 9.59 Å². The molecule has 3 atom stereocenters. The third-order valence-electron chi connectivity index (χ3n) is 4.02. The fourth-order valence-electron chi connectivity index (χ4n) is 2.32. The molecule has 1 rings (SSSR count). The molecule has 0 aromatic heterocycles. The lowest BCUT2D eigenvalue weighted by Crippen LogP contribution is -2.45. The number of aliphatic carboxylic acids is 2. The summed E-state index contributed by atoms with van der Waals surface area (Å²) < 4.78 is 0. The fourth-order valence-corrected chi connectivity index (χ4v) is 3.48. The molecular weight excluding hydrogens is 264 g/mol. The molecule has 15 heavy (non-hydrogen) atoms. The highest BCUT2D eigenvalue weighted by atomic mass is 79.9. The van der Waals surface area contributed by atoms with E-state index in [0.29, 0.717) is 6.42 Å². The Labute approximate surface area is 96.8 Å². The molecular formula is C10H15BrO4. The van der Waals surface area contributed by atoms with Crippen molar-refractivity contribution in [2.75, 3.05) is 0 Å². The Hall–Kier alpha value is -0.580. The van der Waals surface area contributed by atoms with Crippen molar-refractivity contribution in [2.24, 2.45) is 16.7 Å². The normalized spacial score (nSPS) is 38.9. The second-order valence-corrected chi connectivity index (χ2v) is 5.93. The summed E-state index contributed by atoms with van der Waals surface area (Å²) in [6, 6.07) is 0. The van der Waals surface area contributed by atoms with Crippen molar-refractivity contribution in [3.05, 3.63) is 0 Å². The first kappa shape index (κ1) is 12.5. The Morgan fingerprint density at radius 1 is 1.27 bits per heavy atom. The summed E-state index contributed by atoms with van der Waals surface area (Å²) in [5, 5.41) is 18.3. The number of rotatable bonds is 2. The molecule has 5 heteroatoms. The van der Waals surface area contributed by atoms with E-state index in [-0.39, 0.29) is 4.83 Å². The zero-order valence-corrected chi connectivity index (χ0v) is 10.5. The van der Waals surface area contributed by atoms with Crippen LogP contribution in [-0.4, -0.2) is 27.0 Å². The molecule has 1 aliphatic rings. The van der Waals surface area contributed by atoms with Crippen molar-refractivity contribution in [3.8, 4) is 0 Å². The minimum atomic E-state index is -1.05. The number of hydrogen-bond acceptors (Lipinski definition) is 2. The first-order valence-electron chi connectivity index (χ1n) is 4.76. The van der Waals surface area contributed by atoms with E-state index in [1.165, 1.54) is 0 Å². The van der Waals surface area contributed by atoms with Gasteiger partial charge in [0.25, 0.3) is 0 Å². The molecule has 3 unspecified atom stereocenters. The minimum Gasteiger partial charge on any atom is -0.481 e. The average molecular weight is 279 g/mol. The van der Waals surface area contributed by atoms with Crippen molar-refractivity contribution in [2.45, 2.75) is 32.0 Å². The average Bonchev–Trinajstić information content (AvgIpc) is 2.26. The third-order valence-corrected chi connectivity index (χ3v) is 5.31. The van der Waals surface area contributed by atoms with Crippen LogP contribution in [-0.2, 0) is 9.59 Å². The Bertz CT molecular complexity index is 313. The van der Waals surface area contributed by atoms with Gasteiger partial charge in [0.2, 0.25) is 0 Å². The van der Waals surface area contributed by atoms with Crippen LogP contribution in [0, 0.1) is 16.7 Å². The predicted molar refractivity (Wildman–Crippen MR) is 58.0 cm³/mol. The lowest BCUT2D eigenvalue weighted by molar-refractivity contribution is -0.157. The van der Waals surface area contributed by atoms with Crippen LogP contribution in [0.25, 0.3) is 0 Å². The van der Waals surface area contributed by atoms with E-state index < -0.39 is 28.7 Å². The van der Waals surface area contributed by atoms with Crippen molar-refractivity contribution >= 4 is 27.9 Å². The van der Waals surface area contributed by atoms with Crippen molar-refractivity contribution < 1.29 is 19.8 Å². The standard InChI is InChI=1S/C10H15BrO4/c1-9(2)5(7(12)13)4-6(11)10(9,3)8(14)15/h5-6H,4H2,1-3H3,(H,12,13)(H,14,15).